The molecule has 0 aliphatic heterocycles. The lowest BCUT2D eigenvalue weighted by molar-refractivity contribution is -0.114. The molecule has 0 aliphatic rings. The second-order valence-corrected chi connectivity index (χ2v) is 3.25. The van der Waals surface area contributed by atoms with Gasteiger partial charge < -0.3 is 16.2 Å². The number of carboxylic acid groups (broad SMARTS) is 1. The van der Waals surface area contributed by atoms with Gasteiger partial charge in [-0.3, -0.25) is 4.79 Å². The molecule has 0 spiro atoms. The van der Waals surface area contributed by atoms with Crippen molar-refractivity contribution in [3.05, 3.63) is 4.88 Å². The minimum Gasteiger partial charge on any atom is -0.477 e. The molecule has 1 amide bonds. The lowest BCUT2D eigenvalue weighted by atomic mass is 10.5. The van der Waals surface area contributed by atoms with Gasteiger partial charge in [0.2, 0.25) is 5.91 Å². The first kappa shape index (κ1) is 9.46. The van der Waals surface area contributed by atoms with Crippen LogP contribution < -0.4 is 11.1 Å². The average Bonchev–Trinajstić information content (AvgIpc) is 2.29. The normalized spacial score (nSPS) is 9.62. The number of carbonyl (C=O) groups excluding carboxylic acids is 1. The summed E-state index contributed by atoms with van der Waals surface area (Å²) in [6, 6.07) is 0. The molecule has 0 fully saturated rings. The third-order valence-corrected chi connectivity index (χ3v) is 2.00. The summed E-state index contributed by atoms with van der Waals surface area (Å²) in [5.41, 5.74) is 5.29. The molecule has 13 heavy (non-hydrogen) atoms. The number of rotatable bonds is 2. The molecule has 0 aliphatic carbocycles. The Bertz CT molecular complexity index is 360. The van der Waals surface area contributed by atoms with Gasteiger partial charge in [-0.05, 0) is 0 Å². The predicted octanol–water partition coefficient (Wildman–Crippen LogP) is 0.382. The maximum absolute atomic E-state index is 10.6. The van der Waals surface area contributed by atoms with Crippen LogP contribution in [0.1, 0.15) is 16.6 Å². The van der Waals surface area contributed by atoms with Crippen molar-refractivity contribution < 1.29 is 14.7 Å². The second-order valence-electron chi connectivity index (χ2n) is 2.22. The zero-order valence-electron chi connectivity index (χ0n) is 6.70. The number of nitrogens with two attached hydrogens (primary N) is 1. The summed E-state index contributed by atoms with van der Waals surface area (Å²) in [6.07, 6.45) is 0. The number of aromatic carboxylic acids is 1. The Morgan fingerprint density at radius 3 is 2.69 bits per heavy atom. The molecule has 6 nitrogen and oxygen atoms in total. The summed E-state index contributed by atoms with van der Waals surface area (Å²) in [5.74, 6) is -1.53. The first-order valence-corrected chi connectivity index (χ1v) is 4.09. The summed E-state index contributed by atoms with van der Waals surface area (Å²) >= 11 is 0.817. The van der Waals surface area contributed by atoms with E-state index in [9.17, 15) is 9.59 Å². The van der Waals surface area contributed by atoms with Gasteiger partial charge in [-0.15, -0.1) is 0 Å². The fraction of sp³-hybridized carbons (Fsp3) is 0.167. The molecule has 70 valence electrons. The SMILES string of the molecule is CC(=O)Nc1nc(N)sc1C(=O)O. The number of nitrogen functional groups attached to an aromatic ring is 1. The van der Waals surface area contributed by atoms with Crippen LogP contribution in [0.25, 0.3) is 0 Å². The van der Waals surface area contributed by atoms with Crippen LogP contribution in [0.4, 0.5) is 10.9 Å². The van der Waals surface area contributed by atoms with Crippen molar-refractivity contribution in [2.75, 3.05) is 11.1 Å². The number of anilines is 2. The number of hydrogen-bond donors (Lipinski definition) is 3. The number of amides is 1. The number of nitrogens with one attached hydrogen (secondary N) is 1. The molecule has 0 atom stereocenters. The molecular formula is C6H7N3O3S. The molecule has 0 bridgehead atoms. The van der Waals surface area contributed by atoms with Gasteiger partial charge >= 0.3 is 5.97 Å². The van der Waals surface area contributed by atoms with Gasteiger partial charge in [0.25, 0.3) is 0 Å². The Morgan fingerprint density at radius 1 is 1.62 bits per heavy atom. The Hall–Kier alpha value is -1.63. The topological polar surface area (TPSA) is 105 Å². The largest absolute Gasteiger partial charge is 0.477 e. The third-order valence-electron chi connectivity index (χ3n) is 1.13. The summed E-state index contributed by atoms with van der Waals surface area (Å²) in [7, 11) is 0. The lowest BCUT2D eigenvalue weighted by Crippen LogP contribution is -2.09. The average molecular weight is 201 g/mol. The molecule has 7 heteroatoms. The molecular weight excluding hydrogens is 194 g/mol. The van der Waals surface area contributed by atoms with Crippen LogP contribution in [-0.2, 0) is 4.79 Å². The number of aromatic nitrogens is 1. The summed E-state index contributed by atoms with van der Waals surface area (Å²) in [5, 5.41) is 11.0. The van der Waals surface area contributed by atoms with Crippen LogP contribution in [0.5, 0.6) is 0 Å². The minimum absolute atomic E-state index is 0.00231. The zero-order chi connectivity index (χ0) is 10.0. The van der Waals surface area contributed by atoms with E-state index < -0.39 is 5.97 Å². The maximum Gasteiger partial charge on any atom is 0.349 e. The van der Waals surface area contributed by atoms with E-state index in [1.54, 1.807) is 0 Å². The van der Waals surface area contributed by atoms with Gasteiger partial charge in [-0.1, -0.05) is 11.3 Å². The van der Waals surface area contributed by atoms with Crippen molar-refractivity contribution in [3.8, 4) is 0 Å². The molecule has 0 saturated carbocycles. The van der Waals surface area contributed by atoms with E-state index in [4.69, 9.17) is 10.8 Å². The van der Waals surface area contributed by atoms with Gasteiger partial charge in [-0.25, -0.2) is 9.78 Å². The van der Waals surface area contributed by atoms with Crippen molar-refractivity contribution in [1.82, 2.24) is 4.98 Å². The van der Waals surface area contributed by atoms with Crippen LogP contribution in [-0.4, -0.2) is 22.0 Å². The van der Waals surface area contributed by atoms with Gasteiger partial charge in [-0.2, -0.15) is 0 Å². The smallest absolute Gasteiger partial charge is 0.349 e. The van der Waals surface area contributed by atoms with Crippen molar-refractivity contribution in [3.63, 3.8) is 0 Å². The zero-order valence-corrected chi connectivity index (χ0v) is 7.51. The first-order chi connectivity index (χ1) is 6.00. The summed E-state index contributed by atoms with van der Waals surface area (Å²) in [6.45, 7) is 1.27. The van der Waals surface area contributed by atoms with E-state index in [0.717, 1.165) is 11.3 Å². The van der Waals surface area contributed by atoms with Crippen molar-refractivity contribution >= 4 is 34.2 Å². The highest BCUT2D eigenvalue weighted by atomic mass is 32.1. The van der Waals surface area contributed by atoms with E-state index in [1.165, 1.54) is 6.92 Å². The molecule has 4 N–H and O–H groups in total. The van der Waals surface area contributed by atoms with Crippen molar-refractivity contribution in [2.45, 2.75) is 6.92 Å². The number of thiazole rings is 1. The van der Waals surface area contributed by atoms with Gasteiger partial charge in [0.15, 0.2) is 15.8 Å². The fourth-order valence-corrected chi connectivity index (χ4v) is 1.36. The fourth-order valence-electron chi connectivity index (χ4n) is 0.733. The molecule has 1 heterocycles. The predicted molar refractivity (Wildman–Crippen MR) is 47.8 cm³/mol. The molecule has 0 saturated heterocycles. The van der Waals surface area contributed by atoms with Crippen LogP contribution in [0.15, 0.2) is 0 Å². The van der Waals surface area contributed by atoms with Crippen LogP contribution in [0.2, 0.25) is 0 Å². The Labute approximate surface area is 77.4 Å². The van der Waals surface area contributed by atoms with Gasteiger partial charge in [0.05, 0.1) is 0 Å². The molecule has 0 aromatic carbocycles. The molecule has 1 aromatic rings. The molecule has 1 aromatic heterocycles. The quantitative estimate of drug-likeness (QED) is 0.641. The van der Waals surface area contributed by atoms with Crippen LogP contribution in [0, 0.1) is 0 Å². The van der Waals surface area contributed by atoms with E-state index in [2.05, 4.69) is 10.3 Å². The lowest BCUT2D eigenvalue weighted by Gasteiger charge is -1.96. The Balaban J connectivity index is 3.04. The van der Waals surface area contributed by atoms with Crippen LogP contribution >= 0.6 is 11.3 Å². The summed E-state index contributed by atoms with van der Waals surface area (Å²) < 4.78 is 0. The third kappa shape index (κ3) is 2.15. The summed E-state index contributed by atoms with van der Waals surface area (Å²) in [4.78, 5) is 24.8. The molecule has 0 unspecified atom stereocenters. The number of nitrogens with zero attached hydrogens (tertiary/aromatic N) is 1. The molecule has 0 radical (unpaired) electrons. The van der Waals surface area contributed by atoms with E-state index in [-0.39, 0.29) is 21.7 Å². The highest BCUT2D eigenvalue weighted by molar-refractivity contribution is 7.17. The standard InChI is InChI=1S/C6H7N3O3S/c1-2(10)8-4-3(5(11)12)13-6(7)9-4/h1H3,(H2,7,9)(H,8,10)(H,11,12). The Kier molecular flexibility index (Phi) is 2.47. The van der Waals surface area contributed by atoms with E-state index in [0.29, 0.717) is 0 Å². The van der Waals surface area contributed by atoms with Crippen molar-refractivity contribution in [2.24, 2.45) is 0 Å². The minimum atomic E-state index is -1.15. The highest BCUT2D eigenvalue weighted by Gasteiger charge is 2.16. The number of carboxylic acids is 1. The number of hydrogen-bond acceptors (Lipinski definition) is 5. The van der Waals surface area contributed by atoms with E-state index >= 15 is 0 Å². The first-order valence-electron chi connectivity index (χ1n) is 3.28. The van der Waals surface area contributed by atoms with Crippen molar-refractivity contribution in [1.29, 1.82) is 0 Å². The second kappa shape index (κ2) is 3.40. The monoisotopic (exact) mass is 201 g/mol. The van der Waals surface area contributed by atoms with Gasteiger partial charge in [0, 0.05) is 6.92 Å². The number of carbonyl (C=O) groups is 2. The van der Waals surface area contributed by atoms with Crippen LogP contribution in [0.3, 0.4) is 0 Å². The Morgan fingerprint density at radius 2 is 2.23 bits per heavy atom. The molecule has 1 rings (SSSR count). The highest BCUT2D eigenvalue weighted by Crippen LogP contribution is 2.24. The van der Waals surface area contributed by atoms with Gasteiger partial charge in [0.1, 0.15) is 0 Å². The van der Waals surface area contributed by atoms with E-state index in [1.807, 2.05) is 0 Å². The maximum atomic E-state index is 10.6.